The standard InChI is InChI=1S/C9H12N2O2.ClH/c1-11(2)9(12)13-7-8-3-5-10-6-4-8;/h3-6H,7H2,1-2H3;1H. The molecule has 0 saturated carbocycles. The molecule has 0 aliphatic carbocycles. The van der Waals surface area contributed by atoms with E-state index in [-0.39, 0.29) is 18.5 Å². The molecule has 5 heteroatoms. The van der Waals surface area contributed by atoms with E-state index < -0.39 is 0 Å². The highest BCUT2D eigenvalue weighted by Gasteiger charge is 2.03. The molecule has 1 aromatic heterocycles. The third-order valence-electron chi connectivity index (χ3n) is 1.48. The molecule has 0 atom stereocenters. The van der Waals surface area contributed by atoms with Crippen LogP contribution >= 0.6 is 12.4 Å². The Morgan fingerprint density at radius 1 is 1.43 bits per heavy atom. The zero-order valence-electron chi connectivity index (χ0n) is 8.14. The Bertz CT molecular complexity index is 277. The highest BCUT2D eigenvalue weighted by Crippen LogP contribution is 1.99. The summed E-state index contributed by atoms with van der Waals surface area (Å²) in [6, 6.07) is 3.62. The summed E-state index contributed by atoms with van der Waals surface area (Å²) in [5.41, 5.74) is 0.935. The lowest BCUT2D eigenvalue weighted by Gasteiger charge is -2.10. The molecule has 14 heavy (non-hydrogen) atoms. The molecule has 1 rings (SSSR count). The number of ether oxygens (including phenoxy) is 1. The lowest BCUT2D eigenvalue weighted by molar-refractivity contribution is 0.112. The Kier molecular flexibility index (Phi) is 5.64. The van der Waals surface area contributed by atoms with Crippen molar-refractivity contribution < 1.29 is 9.53 Å². The van der Waals surface area contributed by atoms with Crippen molar-refractivity contribution >= 4 is 18.5 Å². The minimum absolute atomic E-state index is 0. The molecule has 0 radical (unpaired) electrons. The molecule has 1 aromatic rings. The van der Waals surface area contributed by atoms with Crippen molar-refractivity contribution in [2.24, 2.45) is 0 Å². The first-order valence-electron chi connectivity index (χ1n) is 3.93. The Labute approximate surface area is 89.3 Å². The number of hydrogen-bond donors (Lipinski definition) is 0. The molecule has 0 saturated heterocycles. The van der Waals surface area contributed by atoms with E-state index in [9.17, 15) is 4.79 Å². The minimum atomic E-state index is -0.336. The van der Waals surface area contributed by atoms with E-state index in [1.165, 1.54) is 4.90 Å². The van der Waals surface area contributed by atoms with Crippen LogP contribution in [0.4, 0.5) is 4.79 Å². The summed E-state index contributed by atoms with van der Waals surface area (Å²) in [4.78, 5) is 16.3. The van der Waals surface area contributed by atoms with Crippen LogP contribution < -0.4 is 0 Å². The van der Waals surface area contributed by atoms with Gasteiger partial charge in [-0.3, -0.25) is 4.98 Å². The third kappa shape index (κ3) is 4.09. The largest absolute Gasteiger partial charge is 0.445 e. The third-order valence-corrected chi connectivity index (χ3v) is 1.48. The summed E-state index contributed by atoms with van der Waals surface area (Å²) in [6.07, 6.45) is 2.99. The van der Waals surface area contributed by atoms with E-state index in [1.54, 1.807) is 26.5 Å². The van der Waals surface area contributed by atoms with Gasteiger partial charge in [0.15, 0.2) is 0 Å². The van der Waals surface area contributed by atoms with Gasteiger partial charge in [-0.1, -0.05) is 0 Å². The highest BCUT2D eigenvalue weighted by atomic mass is 35.5. The van der Waals surface area contributed by atoms with Crippen LogP contribution in [0.1, 0.15) is 5.56 Å². The summed E-state index contributed by atoms with van der Waals surface area (Å²) in [7, 11) is 3.30. The number of pyridine rings is 1. The van der Waals surface area contributed by atoms with Gasteiger partial charge in [-0.2, -0.15) is 0 Å². The number of nitrogens with zero attached hydrogens (tertiary/aromatic N) is 2. The summed E-state index contributed by atoms with van der Waals surface area (Å²) in [6.45, 7) is 0.291. The zero-order valence-corrected chi connectivity index (χ0v) is 8.95. The quantitative estimate of drug-likeness (QED) is 0.756. The maximum Gasteiger partial charge on any atom is 0.409 e. The number of rotatable bonds is 2. The summed E-state index contributed by atoms with van der Waals surface area (Å²) < 4.78 is 4.95. The number of carbonyl (C=O) groups is 1. The van der Waals surface area contributed by atoms with Gasteiger partial charge in [-0.05, 0) is 17.7 Å². The first-order chi connectivity index (χ1) is 6.20. The van der Waals surface area contributed by atoms with Gasteiger partial charge in [-0.15, -0.1) is 12.4 Å². The SMILES string of the molecule is CN(C)C(=O)OCc1ccncc1.Cl. The average Bonchev–Trinajstić information content (AvgIpc) is 2.15. The smallest absolute Gasteiger partial charge is 0.409 e. The van der Waals surface area contributed by atoms with Crippen molar-refractivity contribution in [3.05, 3.63) is 30.1 Å². The van der Waals surface area contributed by atoms with Crippen molar-refractivity contribution in [1.29, 1.82) is 0 Å². The first-order valence-corrected chi connectivity index (χ1v) is 3.93. The molecule has 0 aromatic carbocycles. The van der Waals surface area contributed by atoms with E-state index in [0.29, 0.717) is 6.61 Å². The van der Waals surface area contributed by atoms with Crippen LogP contribution in [-0.2, 0) is 11.3 Å². The van der Waals surface area contributed by atoms with Gasteiger partial charge in [0.1, 0.15) is 6.61 Å². The lowest BCUT2D eigenvalue weighted by atomic mass is 10.3. The molecule has 0 bridgehead atoms. The van der Waals surface area contributed by atoms with Crippen LogP contribution in [0.25, 0.3) is 0 Å². The van der Waals surface area contributed by atoms with Gasteiger partial charge in [0, 0.05) is 26.5 Å². The van der Waals surface area contributed by atoms with Crippen LogP contribution in [-0.4, -0.2) is 30.1 Å². The number of carbonyl (C=O) groups excluding carboxylic acids is 1. The minimum Gasteiger partial charge on any atom is -0.445 e. The van der Waals surface area contributed by atoms with Crippen LogP contribution in [0.3, 0.4) is 0 Å². The highest BCUT2D eigenvalue weighted by molar-refractivity contribution is 5.85. The number of amides is 1. The van der Waals surface area contributed by atoms with Gasteiger partial charge in [0.25, 0.3) is 0 Å². The fourth-order valence-corrected chi connectivity index (χ4v) is 0.753. The number of hydrogen-bond acceptors (Lipinski definition) is 3. The van der Waals surface area contributed by atoms with E-state index in [4.69, 9.17) is 4.74 Å². The normalized spacial score (nSPS) is 8.71. The van der Waals surface area contributed by atoms with E-state index in [1.807, 2.05) is 12.1 Å². The van der Waals surface area contributed by atoms with Crippen molar-refractivity contribution in [2.45, 2.75) is 6.61 Å². The van der Waals surface area contributed by atoms with Crippen molar-refractivity contribution in [1.82, 2.24) is 9.88 Å². The first kappa shape index (κ1) is 12.7. The predicted octanol–water partition coefficient (Wildman–Crippen LogP) is 1.70. The topological polar surface area (TPSA) is 42.4 Å². The molecular formula is C9H13ClN2O2. The molecule has 1 heterocycles. The Balaban J connectivity index is 0.00000169. The molecule has 0 spiro atoms. The molecule has 0 fully saturated rings. The van der Waals surface area contributed by atoms with Crippen LogP contribution in [0.15, 0.2) is 24.5 Å². The van der Waals surface area contributed by atoms with Gasteiger partial charge in [0.05, 0.1) is 0 Å². The maximum absolute atomic E-state index is 11.0. The predicted molar refractivity (Wildman–Crippen MR) is 55.4 cm³/mol. The summed E-state index contributed by atoms with van der Waals surface area (Å²) >= 11 is 0. The lowest BCUT2D eigenvalue weighted by Crippen LogP contribution is -2.22. The van der Waals surface area contributed by atoms with E-state index >= 15 is 0 Å². The zero-order chi connectivity index (χ0) is 9.68. The van der Waals surface area contributed by atoms with Gasteiger partial charge in [0.2, 0.25) is 0 Å². The van der Waals surface area contributed by atoms with Crippen molar-refractivity contribution in [3.63, 3.8) is 0 Å². The molecule has 1 amide bonds. The van der Waals surface area contributed by atoms with Gasteiger partial charge < -0.3 is 9.64 Å². The van der Waals surface area contributed by atoms with Crippen molar-refractivity contribution in [3.8, 4) is 0 Å². The molecular weight excluding hydrogens is 204 g/mol. The summed E-state index contributed by atoms with van der Waals surface area (Å²) in [5, 5.41) is 0. The monoisotopic (exact) mass is 216 g/mol. The van der Waals surface area contributed by atoms with Crippen molar-refractivity contribution in [2.75, 3.05) is 14.1 Å². The van der Waals surface area contributed by atoms with Crippen LogP contribution in [0.2, 0.25) is 0 Å². The second kappa shape index (κ2) is 6.21. The second-order valence-electron chi connectivity index (χ2n) is 2.80. The molecule has 0 aliphatic rings. The second-order valence-corrected chi connectivity index (χ2v) is 2.80. The fourth-order valence-electron chi connectivity index (χ4n) is 0.753. The molecule has 0 aliphatic heterocycles. The maximum atomic E-state index is 11.0. The van der Waals surface area contributed by atoms with Crippen LogP contribution in [0.5, 0.6) is 0 Å². The number of halogens is 1. The molecule has 4 nitrogen and oxygen atoms in total. The molecule has 0 N–H and O–H groups in total. The average molecular weight is 217 g/mol. The fraction of sp³-hybridized carbons (Fsp3) is 0.333. The Morgan fingerprint density at radius 3 is 2.50 bits per heavy atom. The number of aromatic nitrogens is 1. The summed E-state index contributed by atoms with van der Waals surface area (Å²) in [5.74, 6) is 0. The van der Waals surface area contributed by atoms with Gasteiger partial charge in [-0.25, -0.2) is 4.79 Å². The van der Waals surface area contributed by atoms with E-state index in [0.717, 1.165) is 5.56 Å². The van der Waals surface area contributed by atoms with E-state index in [2.05, 4.69) is 4.98 Å². The van der Waals surface area contributed by atoms with Crippen LogP contribution in [0, 0.1) is 0 Å². The molecule has 78 valence electrons. The molecule has 0 unspecified atom stereocenters. The Hall–Kier alpha value is -1.29. The Morgan fingerprint density at radius 2 is 2.00 bits per heavy atom. The van der Waals surface area contributed by atoms with Gasteiger partial charge >= 0.3 is 6.09 Å².